The second kappa shape index (κ2) is 8.74. The van der Waals surface area contributed by atoms with Gasteiger partial charge in [-0.15, -0.1) is 0 Å². The van der Waals surface area contributed by atoms with Crippen LogP contribution in [-0.2, 0) is 5.41 Å². The van der Waals surface area contributed by atoms with Crippen molar-refractivity contribution < 1.29 is 0 Å². The molecule has 196 valence electrons. The summed E-state index contributed by atoms with van der Waals surface area (Å²) in [4.78, 5) is 12.5. The summed E-state index contributed by atoms with van der Waals surface area (Å²) in [5, 5.41) is 9.87. The molecule has 3 heteroatoms. The molecule has 0 radical (unpaired) electrons. The zero-order chi connectivity index (χ0) is 27.7. The summed E-state index contributed by atoms with van der Waals surface area (Å²) in [5.74, 6) is 1.69. The van der Waals surface area contributed by atoms with Crippen LogP contribution in [0.2, 0.25) is 0 Å². The molecule has 0 bridgehead atoms. The molecule has 0 amide bonds. The smallest absolute Gasteiger partial charge is 0.139 e. The van der Waals surface area contributed by atoms with Crippen LogP contribution < -0.4 is 4.90 Å². The lowest BCUT2D eigenvalue weighted by Gasteiger charge is -2.27. The van der Waals surface area contributed by atoms with Crippen LogP contribution in [0.15, 0.2) is 121 Å². The maximum absolute atomic E-state index is 5.15. The molecule has 0 aliphatic heterocycles. The topological polar surface area (TPSA) is 29.0 Å². The number of anilines is 3. The van der Waals surface area contributed by atoms with Crippen LogP contribution in [-0.4, -0.2) is 9.97 Å². The van der Waals surface area contributed by atoms with Crippen LogP contribution in [0, 0.1) is 0 Å². The van der Waals surface area contributed by atoms with E-state index in [9.17, 15) is 0 Å². The number of nitrogens with zero attached hydrogens (tertiary/aromatic N) is 3. The Morgan fingerprint density at radius 3 is 1.56 bits per heavy atom. The Bertz CT molecular complexity index is 2180. The van der Waals surface area contributed by atoms with Crippen molar-refractivity contribution in [1.82, 2.24) is 9.97 Å². The van der Waals surface area contributed by atoms with Crippen molar-refractivity contribution in [1.29, 1.82) is 0 Å². The van der Waals surface area contributed by atoms with Gasteiger partial charge < -0.3 is 0 Å². The highest BCUT2D eigenvalue weighted by atomic mass is 15.2. The molecule has 0 N–H and O–H groups in total. The Hall–Kier alpha value is -5.02. The molecule has 8 aromatic rings. The Morgan fingerprint density at radius 2 is 0.951 bits per heavy atom. The Labute approximate surface area is 239 Å². The Kier molecular flexibility index (Phi) is 5.08. The van der Waals surface area contributed by atoms with Crippen molar-refractivity contribution >= 4 is 71.4 Å². The summed E-state index contributed by atoms with van der Waals surface area (Å²) in [6.45, 7) is 6.88. The van der Waals surface area contributed by atoms with Crippen LogP contribution >= 0.6 is 0 Å². The maximum Gasteiger partial charge on any atom is 0.139 e. The predicted molar refractivity (Wildman–Crippen MR) is 174 cm³/mol. The van der Waals surface area contributed by atoms with Crippen LogP contribution in [0.5, 0.6) is 0 Å². The molecule has 0 spiro atoms. The molecular formula is C38H29N3. The number of rotatable bonds is 3. The average molecular weight is 528 g/mol. The number of hydrogen-bond acceptors (Lipinski definition) is 3. The van der Waals surface area contributed by atoms with E-state index in [0.29, 0.717) is 0 Å². The van der Waals surface area contributed by atoms with Gasteiger partial charge in [0.05, 0.1) is 16.7 Å². The maximum atomic E-state index is 5.15. The molecule has 0 saturated heterocycles. The van der Waals surface area contributed by atoms with Gasteiger partial charge in [0.25, 0.3) is 0 Å². The largest absolute Gasteiger partial charge is 0.278 e. The van der Waals surface area contributed by atoms with Crippen LogP contribution in [0.4, 0.5) is 17.3 Å². The number of aromatic nitrogens is 2. The van der Waals surface area contributed by atoms with Crippen molar-refractivity contribution in [2.24, 2.45) is 0 Å². The predicted octanol–water partition coefficient (Wildman–Crippen LogP) is 10.4. The number of fused-ring (bicyclic) bond motifs is 2. The van der Waals surface area contributed by atoms with Gasteiger partial charge in [-0.2, -0.15) is 0 Å². The number of para-hydroxylation sites is 2. The van der Waals surface area contributed by atoms with Crippen molar-refractivity contribution in [3.63, 3.8) is 0 Å². The lowest BCUT2D eigenvalue weighted by atomic mass is 9.81. The SMILES string of the molecule is CC(C)(C)c1ccc2ccc3c(N(c4ccc5ccccc5n4)c4ccc5ccccc5n4)ccc4ccc1c2c43. The zero-order valence-electron chi connectivity index (χ0n) is 23.4. The van der Waals surface area contributed by atoms with Crippen molar-refractivity contribution in [2.45, 2.75) is 26.2 Å². The van der Waals surface area contributed by atoms with Crippen LogP contribution in [0.3, 0.4) is 0 Å². The van der Waals surface area contributed by atoms with Gasteiger partial charge in [0.15, 0.2) is 0 Å². The Morgan fingerprint density at radius 1 is 0.463 bits per heavy atom. The number of pyridine rings is 2. The fourth-order valence-electron chi connectivity index (χ4n) is 6.36. The van der Waals surface area contributed by atoms with E-state index < -0.39 is 0 Å². The number of benzene rings is 6. The molecule has 0 aliphatic rings. The first-order valence-corrected chi connectivity index (χ1v) is 14.2. The van der Waals surface area contributed by atoms with Crippen LogP contribution in [0.25, 0.3) is 54.1 Å². The van der Waals surface area contributed by atoms with Crippen LogP contribution in [0.1, 0.15) is 26.3 Å². The molecule has 2 aromatic heterocycles. The molecule has 0 aliphatic carbocycles. The van der Waals surface area contributed by atoms with E-state index in [-0.39, 0.29) is 5.41 Å². The van der Waals surface area contributed by atoms with E-state index >= 15 is 0 Å². The monoisotopic (exact) mass is 527 g/mol. The van der Waals surface area contributed by atoms with E-state index in [1.165, 1.54) is 37.9 Å². The lowest BCUT2D eigenvalue weighted by molar-refractivity contribution is 0.596. The molecule has 0 unspecified atom stereocenters. The van der Waals surface area contributed by atoms with Crippen molar-refractivity contribution in [3.05, 3.63) is 127 Å². The third kappa shape index (κ3) is 3.73. The fourth-order valence-corrected chi connectivity index (χ4v) is 6.36. The minimum atomic E-state index is 0.0429. The Balaban J connectivity index is 1.46. The number of hydrogen-bond donors (Lipinski definition) is 0. The lowest BCUT2D eigenvalue weighted by Crippen LogP contribution is -2.14. The molecule has 0 fully saturated rings. The third-order valence-electron chi connectivity index (χ3n) is 8.32. The van der Waals surface area contributed by atoms with Gasteiger partial charge in [-0.3, -0.25) is 4.90 Å². The molecule has 41 heavy (non-hydrogen) atoms. The molecule has 6 aromatic carbocycles. The summed E-state index contributed by atoms with van der Waals surface area (Å²) in [5.41, 5.74) is 4.40. The zero-order valence-corrected chi connectivity index (χ0v) is 23.4. The first-order valence-electron chi connectivity index (χ1n) is 14.2. The minimum Gasteiger partial charge on any atom is -0.278 e. The highest BCUT2D eigenvalue weighted by molar-refractivity contribution is 6.26. The average Bonchev–Trinajstić information content (AvgIpc) is 2.99. The van der Waals surface area contributed by atoms with E-state index in [1.54, 1.807) is 0 Å². The van der Waals surface area contributed by atoms with Gasteiger partial charge in [-0.05, 0) is 80.4 Å². The summed E-state index contributed by atoms with van der Waals surface area (Å²) in [6.07, 6.45) is 0. The standard InChI is InChI=1S/C38H29N3/c1-38(2,3)30-20-14-26-13-19-29-33(21-15-27-12-18-28(30)36(26)37(27)29)41(34-22-16-24-8-4-6-10-31(24)39-34)35-23-17-25-9-5-7-11-32(25)40-35/h4-23H,1-3H3. The van der Waals surface area contributed by atoms with E-state index in [4.69, 9.17) is 9.97 Å². The summed E-state index contributed by atoms with van der Waals surface area (Å²) in [6, 6.07) is 43.2. The van der Waals surface area contributed by atoms with Gasteiger partial charge in [-0.25, -0.2) is 9.97 Å². The first-order chi connectivity index (χ1) is 20.0. The molecular weight excluding hydrogens is 498 g/mol. The molecule has 8 rings (SSSR count). The molecule has 3 nitrogen and oxygen atoms in total. The first kappa shape index (κ1) is 23.8. The van der Waals surface area contributed by atoms with Crippen molar-refractivity contribution in [2.75, 3.05) is 4.90 Å². The van der Waals surface area contributed by atoms with Gasteiger partial charge >= 0.3 is 0 Å². The summed E-state index contributed by atoms with van der Waals surface area (Å²) in [7, 11) is 0. The van der Waals surface area contributed by atoms with E-state index in [2.05, 4.69) is 135 Å². The second-order valence-electron chi connectivity index (χ2n) is 11.9. The highest BCUT2D eigenvalue weighted by Gasteiger charge is 2.23. The summed E-state index contributed by atoms with van der Waals surface area (Å²) < 4.78 is 0. The van der Waals surface area contributed by atoms with Gasteiger partial charge in [0.2, 0.25) is 0 Å². The second-order valence-corrected chi connectivity index (χ2v) is 11.9. The fraction of sp³-hybridized carbons (Fsp3) is 0.105. The quantitative estimate of drug-likeness (QED) is 0.214. The van der Waals surface area contributed by atoms with Crippen molar-refractivity contribution in [3.8, 4) is 0 Å². The van der Waals surface area contributed by atoms with E-state index in [1.807, 2.05) is 12.1 Å². The van der Waals surface area contributed by atoms with Gasteiger partial charge in [0, 0.05) is 16.2 Å². The minimum absolute atomic E-state index is 0.0429. The summed E-state index contributed by atoms with van der Waals surface area (Å²) >= 11 is 0. The van der Waals surface area contributed by atoms with Gasteiger partial charge in [0.1, 0.15) is 11.6 Å². The molecule has 2 heterocycles. The van der Waals surface area contributed by atoms with Gasteiger partial charge in [-0.1, -0.05) is 99.6 Å². The highest BCUT2D eigenvalue weighted by Crippen LogP contribution is 2.45. The normalized spacial score (nSPS) is 12.3. The van der Waals surface area contributed by atoms with E-state index in [0.717, 1.165) is 39.1 Å². The third-order valence-corrected chi connectivity index (χ3v) is 8.32. The molecule has 0 saturated carbocycles. The molecule has 0 atom stereocenters.